The Balaban J connectivity index is 1.36. The van der Waals surface area contributed by atoms with Gasteiger partial charge < -0.3 is 4.74 Å². The fourth-order valence-electron chi connectivity index (χ4n) is 5.85. The van der Waals surface area contributed by atoms with Gasteiger partial charge in [-0.3, -0.25) is 0 Å². The fraction of sp³-hybridized carbons (Fsp3) is 0.533. The van der Waals surface area contributed by atoms with E-state index in [2.05, 4.69) is 13.0 Å². The number of hydrogen-bond donors (Lipinski definition) is 0. The number of allylic oxidation sites excluding steroid dienone is 1. The highest BCUT2D eigenvalue weighted by Gasteiger charge is 2.29. The maximum atomic E-state index is 15.1. The van der Waals surface area contributed by atoms with Crippen molar-refractivity contribution in [2.75, 3.05) is 6.61 Å². The van der Waals surface area contributed by atoms with Gasteiger partial charge in [0.1, 0.15) is 11.6 Å². The largest absolute Gasteiger partial charge is 0.494 e. The van der Waals surface area contributed by atoms with Crippen molar-refractivity contribution in [1.29, 1.82) is 0 Å². The SMILES string of the molecule is CCOc1ccc(/C=C/C2CCC(c3ccc(C4CCC(CC)CC4)c(F)c3F)CC2)c(F)c1. The van der Waals surface area contributed by atoms with Crippen LogP contribution in [0.4, 0.5) is 13.2 Å². The van der Waals surface area contributed by atoms with E-state index in [4.69, 9.17) is 4.74 Å². The van der Waals surface area contributed by atoms with E-state index in [1.165, 1.54) is 12.5 Å². The van der Waals surface area contributed by atoms with Crippen LogP contribution in [0, 0.1) is 29.3 Å². The molecule has 2 aromatic carbocycles. The molecule has 1 nitrogen and oxygen atoms in total. The van der Waals surface area contributed by atoms with Crippen LogP contribution < -0.4 is 4.74 Å². The third kappa shape index (κ3) is 5.70. The monoisotopic (exact) mass is 470 g/mol. The summed E-state index contributed by atoms with van der Waals surface area (Å²) in [6, 6.07) is 8.62. The van der Waals surface area contributed by atoms with Gasteiger partial charge in [-0.15, -0.1) is 0 Å². The maximum Gasteiger partial charge on any atom is 0.162 e. The zero-order chi connectivity index (χ0) is 24.1. The average molecular weight is 471 g/mol. The van der Waals surface area contributed by atoms with Crippen LogP contribution in [-0.4, -0.2) is 6.61 Å². The van der Waals surface area contributed by atoms with Crippen molar-refractivity contribution >= 4 is 6.08 Å². The molecule has 0 heterocycles. The first kappa shape index (κ1) is 24.9. The molecule has 2 fully saturated rings. The molecule has 4 rings (SSSR count). The molecule has 0 spiro atoms. The molecule has 2 aromatic rings. The molecule has 2 aliphatic carbocycles. The van der Waals surface area contributed by atoms with Gasteiger partial charge in [0.15, 0.2) is 11.6 Å². The van der Waals surface area contributed by atoms with Crippen molar-refractivity contribution < 1.29 is 17.9 Å². The smallest absolute Gasteiger partial charge is 0.162 e. The lowest BCUT2D eigenvalue weighted by molar-refractivity contribution is 0.311. The maximum absolute atomic E-state index is 15.1. The number of benzene rings is 2. The third-order valence-electron chi connectivity index (χ3n) is 8.05. The summed E-state index contributed by atoms with van der Waals surface area (Å²) in [5.74, 6) is 0.238. The summed E-state index contributed by atoms with van der Waals surface area (Å²) in [5.41, 5.74) is 1.65. The van der Waals surface area contributed by atoms with E-state index in [0.717, 1.165) is 57.3 Å². The Morgan fingerprint density at radius 1 is 0.794 bits per heavy atom. The first-order valence-electron chi connectivity index (χ1n) is 13.1. The zero-order valence-electron chi connectivity index (χ0n) is 20.5. The fourth-order valence-corrected chi connectivity index (χ4v) is 5.85. The van der Waals surface area contributed by atoms with E-state index in [1.807, 2.05) is 25.1 Å². The lowest BCUT2D eigenvalue weighted by atomic mass is 9.75. The highest BCUT2D eigenvalue weighted by Crippen LogP contribution is 2.42. The van der Waals surface area contributed by atoms with Crippen LogP contribution in [0.1, 0.15) is 100 Å². The first-order valence-corrected chi connectivity index (χ1v) is 13.1. The molecule has 0 saturated heterocycles. The van der Waals surface area contributed by atoms with Crippen LogP contribution in [-0.2, 0) is 0 Å². The van der Waals surface area contributed by atoms with E-state index >= 15 is 8.78 Å². The van der Waals surface area contributed by atoms with Crippen LogP contribution in [0.5, 0.6) is 5.75 Å². The van der Waals surface area contributed by atoms with Crippen LogP contribution >= 0.6 is 0 Å². The first-order chi connectivity index (χ1) is 16.5. The Hall–Kier alpha value is -2.23. The lowest BCUT2D eigenvalue weighted by Gasteiger charge is -2.30. The molecule has 4 heteroatoms. The molecule has 184 valence electrons. The van der Waals surface area contributed by atoms with Gasteiger partial charge in [-0.2, -0.15) is 0 Å². The molecule has 0 aromatic heterocycles. The topological polar surface area (TPSA) is 9.23 Å². The standard InChI is InChI=1S/C30H37F3O/c1-3-20-5-10-22(11-6-20)26-17-18-27(30(33)29(26)32)23-12-7-21(8-13-23)9-14-24-15-16-25(34-4-2)19-28(24)31/h9,14-23H,3-8,10-13H2,1-2H3/b14-9+. The van der Waals surface area contributed by atoms with E-state index in [9.17, 15) is 4.39 Å². The van der Waals surface area contributed by atoms with Crippen LogP contribution in [0.15, 0.2) is 36.4 Å². The molecule has 0 aliphatic heterocycles. The van der Waals surface area contributed by atoms with Crippen molar-refractivity contribution in [1.82, 2.24) is 0 Å². The minimum atomic E-state index is -0.634. The second kappa shape index (κ2) is 11.5. The molecule has 2 saturated carbocycles. The Bertz CT molecular complexity index is 983. The van der Waals surface area contributed by atoms with Gasteiger partial charge >= 0.3 is 0 Å². The molecule has 2 aliphatic rings. The van der Waals surface area contributed by atoms with Crippen molar-refractivity contribution in [2.24, 2.45) is 11.8 Å². The minimum Gasteiger partial charge on any atom is -0.494 e. The molecule has 0 unspecified atom stereocenters. The predicted octanol–water partition coefficient (Wildman–Crippen LogP) is 9.17. The molecule has 0 amide bonds. The summed E-state index contributed by atoms with van der Waals surface area (Å²) in [5, 5.41) is 0. The van der Waals surface area contributed by atoms with Crippen LogP contribution in [0.25, 0.3) is 6.08 Å². The zero-order valence-corrected chi connectivity index (χ0v) is 20.5. The van der Waals surface area contributed by atoms with Crippen LogP contribution in [0.3, 0.4) is 0 Å². The van der Waals surface area contributed by atoms with Crippen LogP contribution in [0.2, 0.25) is 0 Å². The van der Waals surface area contributed by atoms with E-state index in [-0.39, 0.29) is 17.7 Å². The highest BCUT2D eigenvalue weighted by molar-refractivity contribution is 5.52. The second-order valence-corrected chi connectivity index (χ2v) is 10.1. The van der Waals surface area contributed by atoms with Gasteiger partial charge in [0.2, 0.25) is 0 Å². The van der Waals surface area contributed by atoms with Crippen molar-refractivity contribution in [2.45, 2.75) is 83.5 Å². The quantitative estimate of drug-likeness (QED) is 0.392. The number of rotatable bonds is 7. The lowest BCUT2D eigenvalue weighted by Crippen LogP contribution is -2.16. The van der Waals surface area contributed by atoms with Gasteiger partial charge in [-0.25, -0.2) is 13.2 Å². The molecular weight excluding hydrogens is 433 g/mol. The molecule has 0 radical (unpaired) electrons. The summed E-state index contributed by atoms with van der Waals surface area (Å²) in [6.07, 6.45) is 12.6. The van der Waals surface area contributed by atoms with Crippen molar-refractivity contribution in [3.63, 3.8) is 0 Å². The van der Waals surface area contributed by atoms with Gasteiger partial charge in [-0.1, -0.05) is 37.6 Å². The molecule has 0 N–H and O–H groups in total. The summed E-state index contributed by atoms with van der Waals surface area (Å²) in [4.78, 5) is 0. The van der Waals surface area contributed by atoms with Crippen molar-refractivity contribution in [3.05, 3.63) is 70.5 Å². The summed E-state index contributed by atoms with van der Waals surface area (Å²) in [6.45, 7) is 4.59. The molecule has 34 heavy (non-hydrogen) atoms. The van der Waals surface area contributed by atoms with Gasteiger partial charge in [-0.05, 0) is 105 Å². The van der Waals surface area contributed by atoms with Crippen molar-refractivity contribution in [3.8, 4) is 5.75 Å². The van der Waals surface area contributed by atoms with Gasteiger partial charge in [0.25, 0.3) is 0 Å². The van der Waals surface area contributed by atoms with E-state index in [0.29, 0.717) is 35.0 Å². The van der Waals surface area contributed by atoms with E-state index in [1.54, 1.807) is 12.1 Å². The summed E-state index contributed by atoms with van der Waals surface area (Å²) >= 11 is 0. The summed E-state index contributed by atoms with van der Waals surface area (Å²) in [7, 11) is 0. The number of hydrogen-bond acceptors (Lipinski definition) is 1. The molecule has 0 bridgehead atoms. The Labute approximate surface area is 202 Å². The normalized spacial score (nSPS) is 25.6. The van der Waals surface area contributed by atoms with E-state index < -0.39 is 11.6 Å². The van der Waals surface area contributed by atoms with Gasteiger partial charge in [0, 0.05) is 11.6 Å². The molecular formula is C30H37F3O. The molecule has 0 atom stereocenters. The minimum absolute atomic E-state index is 0.0474. The number of ether oxygens (including phenoxy) is 1. The second-order valence-electron chi connectivity index (χ2n) is 10.1. The Morgan fingerprint density at radius 2 is 1.38 bits per heavy atom. The number of halogens is 3. The average Bonchev–Trinajstić information content (AvgIpc) is 2.86. The third-order valence-corrected chi connectivity index (χ3v) is 8.05. The highest BCUT2D eigenvalue weighted by atomic mass is 19.2. The summed E-state index contributed by atoms with van der Waals surface area (Å²) < 4.78 is 49.8. The van der Waals surface area contributed by atoms with Gasteiger partial charge in [0.05, 0.1) is 6.61 Å². The Morgan fingerprint density at radius 3 is 1.91 bits per heavy atom. The predicted molar refractivity (Wildman–Crippen MR) is 133 cm³/mol. The Kier molecular flexibility index (Phi) is 8.39.